The van der Waals surface area contributed by atoms with Crippen LogP contribution in [-0.2, 0) is 13.0 Å². The topological polar surface area (TPSA) is 68.5 Å². The van der Waals surface area contributed by atoms with Gasteiger partial charge in [0.1, 0.15) is 5.82 Å². The van der Waals surface area contributed by atoms with E-state index in [-0.39, 0.29) is 6.04 Å². The highest BCUT2D eigenvalue weighted by Gasteiger charge is 2.26. The molecule has 2 aromatic rings. The molecule has 0 aliphatic carbocycles. The number of hydrogen-bond donors (Lipinski definition) is 1. The van der Waals surface area contributed by atoms with E-state index >= 15 is 0 Å². The highest BCUT2D eigenvalue weighted by molar-refractivity contribution is 6.30. The van der Waals surface area contributed by atoms with Gasteiger partial charge < -0.3 is 9.88 Å². The molecular formula is C13H17ClN6. The molecule has 7 heteroatoms. The van der Waals surface area contributed by atoms with Crippen LogP contribution in [0, 0.1) is 5.92 Å². The summed E-state index contributed by atoms with van der Waals surface area (Å²) in [7, 11) is 0. The number of nitrogens with zero attached hydrogens (tertiary/aromatic N) is 5. The van der Waals surface area contributed by atoms with Crippen LogP contribution in [0.25, 0.3) is 0 Å². The van der Waals surface area contributed by atoms with Gasteiger partial charge in [-0.25, -0.2) is 9.97 Å². The Morgan fingerprint density at radius 3 is 2.70 bits per heavy atom. The molecule has 6 nitrogen and oxygen atoms in total. The van der Waals surface area contributed by atoms with Gasteiger partial charge in [-0.2, -0.15) is 0 Å². The molecule has 0 amide bonds. The van der Waals surface area contributed by atoms with Crippen molar-refractivity contribution in [1.82, 2.24) is 24.7 Å². The van der Waals surface area contributed by atoms with Crippen molar-refractivity contribution in [1.29, 1.82) is 0 Å². The third-order valence-corrected chi connectivity index (χ3v) is 3.68. The molecular weight excluding hydrogens is 276 g/mol. The van der Waals surface area contributed by atoms with Crippen molar-refractivity contribution in [3.63, 3.8) is 0 Å². The molecule has 1 unspecified atom stereocenters. The van der Waals surface area contributed by atoms with Crippen molar-refractivity contribution in [2.24, 2.45) is 5.92 Å². The molecule has 3 heterocycles. The predicted octanol–water partition coefficient (Wildman–Crippen LogP) is 2.48. The molecule has 0 radical (unpaired) electrons. The fourth-order valence-corrected chi connectivity index (χ4v) is 2.56. The van der Waals surface area contributed by atoms with Gasteiger partial charge in [-0.1, -0.05) is 25.4 Å². The summed E-state index contributed by atoms with van der Waals surface area (Å²) in [5.74, 6) is 2.95. The van der Waals surface area contributed by atoms with Gasteiger partial charge in [-0.05, 0) is 12.3 Å². The van der Waals surface area contributed by atoms with E-state index in [4.69, 9.17) is 11.6 Å². The van der Waals surface area contributed by atoms with Crippen LogP contribution >= 0.6 is 11.6 Å². The molecule has 1 aliphatic heterocycles. The van der Waals surface area contributed by atoms with Crippen molar-refractivity contribution >= 4 is 17.5 Å². The monoisotopic (exact) mass is 292 g/mol. The van der Waals surface area contributed by atoms with Crippen LogP contribution in [0.3, 0.4) is 0 Å². The Balaban J connectivity index is 1.87. The van der Waals surface area contributed by atoms with Crippen molar-refractivity contribution < 1.29 is 0 Å². The number of fused-ring (bicyclic) bond motifs is 1. The maximum absolute atomic E-state index is 5.81. The Bertz CT molecular complexity index is 591. The lowest BCUT2D eigenvalue weighted by atomic mass is 10.0. The number of aryl methyl sites for hydroxylation is 1. The lowest BCUT2D eigenvalue weighted by Crippen LogP contribution is -2.22. The molecule has 2 aromatic heterocycles. The average molecular weight is 293 g/mol. The standard InChI is InChI=1S/C13H17ClN6/c1-8(2)11(17-13-15-6-9(14)7-16-13)12-19-18-10-4-3-5-20(10)12/h6-8,11H,3-5H2,1-2H3,(H,15,16,17). The second-order valence-corrected chi connectivity index (χ2v) is 5.76. The predicted molar refractivity (Wildman–Crippen MR) is 76.6 cm³/mol. The molecule has 3 rings (SSSR count). The second-order valence-electron chi connectivity index (χ2n) is 5.32. The van der Waals surface area contributed by atoms with Gasteiger partial charge in [0.05, 0.1) is 23.5 Å². The van der Waals surface area contributed by atoms with Crippen LogP contribution in [0.5, 0.6) is 0 Å². The van der Waals surface area contributed by atoms with Gasteiger partial charge in [-0.3, -0.25) is 0 Å². The summed E-state index contributed by atoms with van der Waals surface area (Å²) in [6.45, 7) is 5.28. The first-order valence-corrected chi connectivity index (χ1v) is 7.19. The van der Waals surface area contributed by atoms with Crippen LogP contribution in [0.15, 0.2) is 12.4 Å². The summed E-state index contributed by atoms with van der Waals surface area (Å²) in [5.41, 5.74) is 0. The fourth-order valence-electron chi connectivity index (χ4n) is 2.46. The molecule has 1 atom stereocenters. The summed E-state index contributed by atoms with van der Waals surface area (Å²) < 4.78 is 2.20. The van der Waals surface area contributed by atoms with Gasteiger partial charge in [0.2, 0.25) is 5.95 Å². The van der Waals surface area contributed by atoms with E-state index in [0.29, 0.717) is 16.9 Å². The van der Waals surface area contributed by atoms with Crippen molar-refractivity contribution in [3.05, 3.63) is 29.1 Å². The zero-order valence-electron chi connectivity index (χ0n) is 11.5. The van der Waals surface area contributed by atoms with Crippen molar-refractivity contribution in [2.45, 2.75) is 39.3 Å². The summed E-state index contributed by atoms with van der Waals surface area (Å²) in [5, 5.41) is 12.5. The minimum Gasteiger partial charge on any atom is -0.344 e. The van der Waals surface area contributed by atoms with Crippen molar-refractivity contribution in [2.75, 3.05) is 5.32 Å². The van der Waals surface area contributed by atoms with E-state index in [1.54, 1.807) is 12.4 Å². The van der Waals surface area contributed by atoms with Crippen LogP contribution in [0.4, 0.5) is 5.95 Å². The molecule has 1 aliphatic rings. The van der Waals surface area contributed by atoms with Crippen LogP contribution in [0.1, 0.15) is 38.0 Å². The van der Waals surface area contributed by atoms with Gasteiger partial charge in [0.25, 0.3) is 0 Å². The summed E-state index contributed by atoms with van der Waals surface area (Å²) in [6, 6.07) is 0.0375. The molecule has 1 N–H and O–H groups in total. The zero-order valence-corrected chi connectivity index (χ0v) is 12.3. The summed E-state index contributed by atoms with van der Waals surface area (Å²) in [6.07, 6.45) is 5.32. The number of aromatic nitrogens is 5. The zero-order chi connectivity index (χ0) is 14.1. The second kappa shape index (κ2) is 5.36. The SMILES string of the molecule is CC(C)C(Nc1ncc(Cl)cn1)c1nnc2n1CCC2. The fraction of sp³-hybridized carbons (Fsp3) is 0.538. The van der Waals surface area contributed by atoms with E-state index in [1.807, 2.05) is 0 Å². The van der Waals surface area contributed by atoms with Crippen molar-refractivity contribution in [3.8, 4) is 0 Å². The van der Waals surface area contributed by atoms with Gasteiger partial charge in [0.15, 0.2) is 5.82 Å². The van der Waals surface area contributed by atoms with Gasteiger partial charge in [0, 0.05) is 13.0 Å². The molecule has 0 saturated carbocycles. The summed E-state index contributed by atoms with van der Waals surface area (Å²) >= 11 is 5.81. The van der Waals surface area contributed by atoms with E-state index in [9.17, 15) is 0 Å². The maximum Gasteiger partial charge on any atom is 0.223 e. The molecule has 0 fully saturated rings. The Labute approximate surface area is 122 Å². The van der Waals surface area contributed by atoms with Crippen LogP contribution < -0.4 is 5.32 Å². The van der Waals surface area contributed by atoms with E-state index in [0.717, 1.165) is 31.0 Å². The lowest BCUT2D eigenvalue weighted by molar-refractivity contribution is 0.493. The molecule has 20 heavy (non-hydrogen) atoms. The molecule has 0 aromatic carbocycles. The number of halogens is 1. The van der Waals surface area contributed by atoms with Gasteiger partial charge in [-0.15, -0.1) is 10.2 Å². The third kappa shape index (κ3) is 2.47. The number of nitrogens with one attached hydrogen (secondary N) is 1. The average Bonchev–Trinajstić information content (AvgIpc) is 3.01. The normalized spacial score (nSPS) is 15.4. The molecule has 106 valence electrons. The van der Waals surface area contributed by atoms with Gasteiger partial charge >= 0.3 is 0 Å². The molecule has 0 saturated heterocycles. The number of anilines is 1. The lowest BCUT2D eigenvalue weighted by Gasteiger charge is -2.21. The first-order chi connectivity index (χ1) is 9.65. The maximum atomic E-state index is 5.81. The number of hydrogen-bond acceptors (Lipinski definition) is 5. The Hall–Kier alpha value is -1.69. The molecule has 0 spiro atoms. The largest absolute Gasteiger partial charge is 0.344 e. The number of rotatable bonds is 4. The van der Waals surface area contributed by atoms with Crippen LogP contribution in [0.2, 0.25) is 5.02 Å². The third-order valence-electron chi connectivity index (χ3n) is 3.49. The highest BCUT2D eigenvalue weighted by Crippen LogP contribution is 2.27. The summed E-state index contributed by atoms with van der Waals surface area (Å²) in [4.78, 5) is 8.38. The smallest absolute Gasteiger partial charge is 0.223 e. The van der Waals surface area contributed by atoms with E-state index in [2.05, 4.69) is 43.9 Å². The Morgan fingerprint density at radius 1 is 1.25 bits per heavy atom. The highest BCUT2D eigenvalue weighted by atomic mass is 35.5. The first kappa shape index (κ1) is 13.3. The Kier molecular flexibility index (Phi) is 3.56. The first-order valence-electron chi connectivity index (χ1n) is 6.81. The minimum absolute atomic E-state index is 0.0375. The Morgan fingerprint density at radius 2 is 2.00 bits per heavy atom. The van der Waals surface area contributed by atoms with E-state index in [1.165, 1.54) is 0 Å². The quantitative estimate of drug-likeness (QED) is 0.937. The van der Waals surface area contributed by atoms with E-state index < -0.39 is 0 Å². The molecule has 0 bridgehead atoms. The minimum atomic E-state index is 0.0375. The van der Waals surface area contributed by atoms with Crippen LogP contribution in [-0.4, -0.2) is 24.7 Å².